The number of hydrogen-bond donors (Lipinski definition) is 1. The lowest BCUT2D eigenvalue weighted by Gasteiger charge is -2.00. The van der Waals surface area contributed by atoms with Gasteiger partial charge in [0.15, 0.2) is 0 Å². The number of halogens is 1. The molecule has 0 aliphatic heterocycles. The molecule has 13 heavy (non-hydrogen) atoms. The second kappa shape index (κ2) is 4.67. The van der Waals surface area contributed by atoms with Crippen molar-refractivity contribution in [3.05, 3.63) is 18.2 Å². The molecular weight excluding hydrogens is 234 g/mol. The lowest BCUT2D eigenvalue weighted by Crippen LogP contribution is -2.22. The van der Waals surface area contributed by atoms with Crippen molar-refractivity contribution >= 4 is 21.8 Å². The van der Waals surface area contributed by atoms with Crippen LogP contribution < -0.4 is 5.32 Å². The van der Waals surface area contributed by atoms with Gasteiger partial charge >= 0.3 is 0 Å². The Labute approximate surface area is 84.5 Å². The Morgan fingerprint density at radius 1 is 1.85 bits per heavy atom. The lowest BCUT2D eigenvalue weighted by molar-refractivity contribution is -0.115. The van der Waals surface area contributed by atoms with Gasteiger partial charge in [-0.15, -0.1) is 0 Å². The summed E-state index contributed by atoms with van der Waals surface area (Å²) in [4.78, 5) is 17.3. The number of imidazole rings is 1. The van der Waals surface area contributed by atoms with E-state index in [1.54, 1.807) is 6.20 Å². The van der Waals surface area contributed by atoms with Crippen LogP contribution in [0.4, 0.5) is 0 Å². The maximum absolute atomic E-state index is 10.9. The van der Waals surface area contributed by atoms with Crippen LogP contribution in [0.15, 0.2) is 12.4 Å². The van der Waals surface area contributed by atoms with E-state index in [0.717, 1.165) is 5.82 Å². The topological polar surface area (TPSA) is 46.9 Å². The summed E-state index contributed by atoms with van der Waals surface area (Å²) in [6.45, 7) is 0.393. The van der Waals surface area contributed by atoms with Crippen LogP contribution in [-0.2, 0) is 18.4 Å². The molecule has 0 aliphatic carbocycles. The predicted octanol–water partition coefficient (Wildman–Crippen LogP) is 0.392. The molecule has 1 aromatic rings. The van der Waals surface area contributed by atoms with Gasteiger partial charge in [0.25, 0.3) is 5.91 Å². The highest BCUT2D eigenvalue weighted by molar-refractivity contribution is 9.12. The predicted molar refractivity (Wildman–Crippen MR) is 51.8 cm³/mol. The molecule has 4 nitrogen and oxygen atoms in total. The summed E-state index contributed by atoms with van der Waals surface area (Å²) >= 11 is 2.84. The van der Waals surface area contributed by atoms with Crippen LogP contribution in [0, 0.1) is 10.8 Å². The molecule has 0 fully saturated rings. The van der Waals surface area contributed by atoms with E-state index < -0.39 is 0 Å². The zero-order valence-corrected chi connectivity index (χ0v) is 8.63. The second-order valence-electron chi connectivity index (χ2n) is 2.36. The maximum atomic E-state index is 10.9. The number of nitrogens with zero attached hydrogens (tertiary/aromatic N) is 2. The molecule has 0 bridgehead atoms. The molecule has 1 heterocycles. The first-order valence-electron chi connectivity index (χ1n) is 3.59. The fourth-order valence-corrected chi connectivity index (χ4v) is 0.993. The molecule has 1 N–H and O–H groups in total. The Balaban J connectivity index is 2.47. The molecule has 0 aromatic carbocycles. The average Bonchev–Trinajstić information content (AvgIpc) is 2.48. The van der Waals surface area contributed by atoms with Gasteiger partial charge in [-0.1, -0.05) is 0 Å². The van der Waals surface area contributed by atoms with Gasteiger partial charge in [-0.3, -0.25) is 4.79 Å². The van der Waals surface area contributed by atoms with Gasteiger partial charge < -0.3 is 9.88 Å². The second-order valence-corrected chi connectivity index (χ2v) is 2.75. The molecule has 1 aromatic heterocycles. The third kappa shape index (κ3) is 2.92. The summed E-state index contributed by atoms with van der Waals surface area (Å²) in [5.74, 6) is 2.78. The number of amides is 1. The smallest absolute Gasteiger partial charge is 0.297 e. The zero-order chi connectivity index (χ0) is 9.68. The number of aromatic nitrogens is 2. The standard InChI is InChI=1S/C8H8BrN3O/c1-12-5-4-10-7(12)6-11-8(13)2-3-9/h4-5H,6H2,1H3,(H,11,13). The van der Waals surface area contributed by atoms with Crippen molar-refractivity contribution < 1.29 is 4.79 Å². The minimum Gasteiger partial charge on any atom is -0.338 e. The van der Waals surface area contributed by atoms with E-state index in [9.17, 15) is 4.79 Å². The molecule has 1 amide bonds. The van der Waals surface area contributed by atoms with E-state index in [1.165, 1.54) is 0 Å². The highest BCUT2D eigenvalue weighted by atomic mass is 79.9. The first-order valence-corrected chi connectivity index (χ1v) is 4.39. The van der Waals surface area contributed by atoms with E-state index in [-0.39, 0.29) is 5.91 Å². The first kappa shape index (κ1) is 9.81. The van der Waals surface area contributed by atoms with E-state index in [1.807, 2.05) is 17.8 Å². The summed E-state index contributed by atoms with van der Waals surface area (Å²) in [5, 5.41) is 2.60. The number of aryl methyl sites for hydroxylation is 1. The molecule has 0 saturated carbocycles. The van der Waals surface area contributed by atoms with E-state index >= 15 is 0 Å². The van der Waals surface area contributed by atoms with Gasteiger partial charge in [0.05, 0.1) is 6.54 Å². The maximum Gasteiger partial charge on any atom is 0.297 e. The summed E-state index contributed by atoms with van der Waals surface area (Å²) in [6.07, 6.45) is 3.50. The van der Waals surface area contributed by atoms with Crippen LogP contribution in [0.5, 0.6) is 0 Å². The van der Waals surface area contributed by atoms with Gasteiger partial charge in [0, 0.05) is 41.3 Å². The zero-order valence-electron chi connectivity index (χ0n) is 7.04. The normalized spacial score (nSPS) is 8.77. The number of hydrogen-bond acceptors (Lipinski definition) is 2. The third-order valence-corrected chi connectivity index (χ3v) is 1.69. The molecule has 0 aliphatic rings. The number of nitrogens with one attached hydrogen (secondary N) is 1. The van der Waals surface area contributed by atoms with Gasteiger partial charge in [-0.05, 0) is 4.83 Å². The minimum atomic E-state index is -0.320. The molecule has 0 unspecified atom stereocenters. The van der Waals surface area contributed by atoms with Crippen LogP contribution in [0.25, 0.3) is 0 Å². The van der Waals surface area contributed by atoms with Crippen molar-refractivity contribution in [1.82, 2.24) is 14.9 Å². The van der Waals surface area contributed by atoms with Crippen LogP contribution in [-0.4, -0.2) is 15.5 Å². The van der Waals surface area contributed by atoms with Crippen molar-refractivity contribution in [3.63, 3.8) is 0 Å². The Bertz CT molecular complexity index is 361. The Kier molecular flexibility index (Phi) is 3.53. The van der Waals surface area contributed by atoms with Crippen LogP contribution in [0.3, 0.4) is 0 Å². The third-order valence-electron chi connectivity index (χ3n) is 1.49. The molecule has 0 radical (unpaired) electrons. The van der Waals surface area contributed by atoms with E-state index in [2.05, 4.69) is 37.0 Å². The quantitative estimate of drug-likeness (QED) is 0.762. The number of carbonyl (C=O) groups excluding carboxylic acids is 1. The fourth-order valence-electron chi connectivity index (χ4n) is 0.813. The molecule has 68 valence electrons. The van der Waals surface area contributed by atoms with Gasteiger partial charge in [-0.2, -0.15) is 0 Å². The summed E-state index contributed by atoms with van der Waals surface area (Å²) in [5.41, 5.74) is 0. The highest BCUT2D eigenvalue weighted by Crippen LogP contribution is 1.92. The molecule has 1 rings (SSSR count). The minimum absolute atomic E-state index is 0.320. The van der Waals surface area contributed by atoms with Gasteiger partial charge in [-0.25, -0.2) is 4.98 Å². The SMILES string of the molecule is Cn1ccnc1CNC(=O)C#CBr. The van der Waals surface area contributed by atoms with Crippen LogP contribution in [0.2, 0.25) is 0 Å². The number of carbonyl (C=O) groups is 1. The molecule has 0 atom stereocenters. The average molecular weight is 242 g/mol. The summed E-state index contributed by atoms with van der Waals surface area (Å²) in [6, 6.07) is 0. The molecular formula is C8H8BrN3O. The van der Waals surface area contributed by atoms with Crippen molar-refractivity contribution in [2.75, 3.05) is 0 Å². The Morgan fingerprint density at radius 3 is 3.15 bits per heavy atom. The first-order chi connectivity index (χ1) is 6.24. The van der Waals surface area contributed by atoms with Crippen molar-refractivity contribution in [3.8, 4) is 10.8 Å². The van der Waals surface area contributed by atoms with Crippen molar-refractivity contribution in [2.45, 2.75) is 6.54 Å². The largest absolute Gasteiger partial charge is 0.338 e. The molecule has 5 heteroatoms. The Morgan fingerprint density at radius 2 is 2.62 bits per heavy atom. The van der Waals surface area contributed by atoms with Crippen molar-refractivity contribution in [2.24, 2.45) is 7.05 Å². The van der Waals surface area contributed by atoms with Gasteiger partial charge in [0.1, 0.15) is 5.82 Å². The molecule has 0 spiro atoms. The lowest BCUT2D eigenvalue weighted by atomic mass is 10.5. The van der Waals surface area contributed by atoms with Crippen LogP contribution >= 0.6 is 15.9 Å². The van der Waals surface area contributed by atoms with Crippen LogP contribution in [0.1, 0.15) is 5.82 Å². The van der Waals surface area contributed by atoms with E-state index in [4.69, 9.17) is 0 Å². The van der Waals surface area contributed by atoms with Crippen molar-refractivity contribution in [1.29, 1.82) is 0 Å². The highest BCUT2D eigenvalue weighted by Gasteiger charge is 2.00. The summed E-state index contributed by atoms with van der Waals surface area (Å²) in [7, 11) is 1.87. The molecule has 0 saturated heterocycles. The van der Waals surface area contributed by atoms with Gasteiger partial charge in [0.2, 0.25) is 0 Å². The monoisotopic (exact) mass is 241 g/mol. The number of rotatable bonds is 2. The summed E-state index contributed by atoms with van der Waals surface area (Å²) < 4.78 is 1.84. The Hall–Kier alpha value is -1.28. The van der Waals surface area contributed by atoms with E-state index in [0.29, 0.717) is 6.54 Å². The fraction of sp³-hybridized carbons (Fsp3) is 0.250.